The van der Waals surface area contributed by atoms with Gasteiger partial charge in [-0.15, -0.1) is 0 Å². The molecule has 1 heterocycles. The molecule has 0 spiro atoms. The zero-order chi connectivity index (χ0) is 13.2. The summed E-state index contributed by atoms with van der Waals surface area (Å²) in [6, 6.07) is 5.17. The summed E-state index contributed by atoms with van der Waals surface area (Å²) in [6.45, 7) is 1.81. The molecule has 1 aliphatic heterocycles. The summed E-state index contributed by atoms with van der Waals surface area (Å²) in [5, 5.41) is 3.05. The van der Waals surface area contributed by atoms with Crippen LogP contribution in [0.1, 0.15) is 6.42 Å². The van der Waals surface area contributed by atoms with E-state index in [9.17, 15) is 12.8 Å². The quantitative estimate of drug-likeness (QED) is 0.891. The molecule has 1 fully saturated rings. The lowest BCUT2D eigenvalue weighted by atomic mass is 10.1. The summed E-state index contributed by atoms with van der Waals surface area (Å²) in [4.78, 5) is 0.0348. The Hall–Kier alpha value is -0.980. The minimum atomic E-state index is -3.55. The van der Waals surface area contributed by atoms with Crippen molar-refractivity contribution in [2.45, 2.75) is 11.3 Å². The highest BCUT2D eigenvalue weighted by molar-refractivity contribution is 7.89. The fourth-order valence-electron chi connectivity index (χ4n) is 2.25. The fraction of sp³-hybridized carbons (Fsp3) is 0.500. The second-order valence-electron chi connectivity index (χ2n) is 4.53. The highest BCUT2D eigenvalue weighted by Crippen LogP contribution is 2.24. The van der Waals surface area contributed by atoms with Gasteiger partial charge in [0.15, 0.2) is 0 Å². The number of halogens is 1. The van der Waals surface area contributed by atoms with Crippen LogP contribution < -0.4 is 5.32 Å². The third kappa shape index (κ3) is 2.71. The van der Waals surface area contributed by atoms with Gasteiger partial charge in [0.25, 0.3) is 0 Å². The van der Waals surface area contributed by atoms with E-state index in [2.05, 4.69) is 5.32 Å². The zero-order valence-corrected chi connectivity index (χ0v) is 11.1. The van der Waals surface area contributed by atoms with Crippen LogP contribution in [0.4, 0.5) is 4.39 Å². The van der Waals surface area contributed by atoms with Gasteiger partial charge in [0.05, 0.1) is 4.90 Å². The first-order valence-electron chi connectivity index (χ1n) is 5.94. The summed E-state index contributed by atoms with van der Waals surface area (Å²) in [6.07, 6.45) is 0.843. The highest BCUT2D eigenvalue weighted by atomic mass is 32.2. The molecular weight excluding hydrogens is 255 g/mol. The summed E-state index contributed by atoms with van der Waals surface area (Å²) in [5.41, 5.74) is 0. The molecular formula is C12H17FN2O2S. The van der Waals surface area contributed by atoms with Crippen molar-refractivity contribution < 1.29 is 12.8 Å². The Balaban J connectivity index is 2.18. The van der Waals surface area contributed by atoms with E-state index in [0.717, 1.165) is 19.0 Å². The van der Waals surface area contributed by atoms with E-state index in [1.165, 1.54) is 22.5 Å². The second-order valence-corrected chi connectivity index (χ2v) is 6.47. The maximum absolute atomic E-state index is 13.1. The van der Waals surface area contributed by atoms with E-state index in [1.807, 2.05) is 7.05 Å². The molecule has 1 saturated heterocycles. The predicted octanol–water partition coefficient (Wildman–Crippen LogP) is 1.06. The van der Waals surface area contributed by atoms with E-state index in [1.54, 1.807) is 0 Å². The van der Waals surface area contributed by atoms with Crippen LogP contribution >= 0.6 is 0 Å². The first-order chi connectivity index (χ1) is 8.54. The van der Waals surface area contributed by atoms with Crippen LogP contribution in [0.25, 0.3) is 0 Å². The third-order valence-corrected chi connectivity index (χ3v) is 5.04. The molecule has 1 aromatic rings. The Bertz CT molecular complexity index is 519. The molecule has 1 N–H and O–H groups in total. The zero-order valence-electron chi connectivity index (χ0n) is 10.3. The normalized spacial score (nSPS) is 21.3. The van der Waals surface area contributed by atoms with Gasteiger partial charge in [-0.25, -0.2) is 12.8 Å². The molecule has 4 nitrogen and oxygen atoms in total. The van der Waals surface area contributed by atoms with Crippen molar-refractivity contribution in [2.24, 2.45) is 5.92 Å². The Morgan fingerprint density at radius 3 is 2.94 bits per heavy atom. The van der Waals surface area contributed by atoms with Crippen LogP contribution in [0.15, 0.2) is 29.2 Å². The summed E-state index contributed by atoms with van der Waals surface area (Å²) < 4.78 is 39.1. The summed E-state index contributed by atoms with van der Waals surface area (Å²) >= 11 is 0. The molecule has 6 heteroatoms. The summed E-state index contributed by atoms with van der Waals surface area (Å²) in [7, 11) is -1.70. The molecule has 0 saturated carbocycles. The molecule has 0 bridgehead atoms. The van der Waals surface area contributed by atoms with Crippen molar-refractivity contribution in [3.8, 4) is 0 Å². The predicted molar refractivity (Wildman–Crippen MR) is 67.2 cm³/mol. The standard InChI is InChI=1S/C12H17FN2O2S/c1-14-8-10-5-6-15(9-10)18(16,17)12-4-2-3-11(13)7-12/h2-4,7,10,14H,5-6,8-9H2,1H3/t10-/m0/s1. The molecule has 1 atom stereocenters. The van der Waals surface area contributed by atoms with Crippen LogP contribution in [0, 0.1) is 11.7 Å². The van der Waals surface area contributed by atoms with Crippen LogP contribution in [-0.4, -0.2) is 39.4 Å². The van der Waals surface area contributed by atoms with Gasteiger partial charge in [0.2, 0.25) is 10.0 Å². The van der Waals surface area contributed by atoms with Gasteiger partial charge in [-0.1, -0.05) is 6.07 Å². The first kappa shape index (κ1) is 13.5. The molecule has 0 unspecified atom stereocenters. The van der Waals surface area contributed by atoms with Crippen molar-refractivity contribution in [3.63, 3.8) is 0 Å². The van der Waals surface area contributed by atoms with Gasteiger partial charge in [0.1, 0.15) is 5.82 Å². The molecule has 2 rings (SSSR count). The number of rotatable bonds is 4. The average molecular weight is 272 g/mol. The lowest BCUT2D eigenvalue weighted by Gasteiger charge is -2.16. The Morgan fingerprint density at radius 2 is 2.28 bits per heavy atom. The van der Waals surface area contributed by atoms with Crippen LogP contribution in [-0.2, 0) is 10.0 Å². The smallest absolute Gasteiger partial charge is 0.243 e. The Kier molecular flexibility index (Phi) is 3.99. The van der Waals surface area contributed by atoms with Gasteiger partial charge in [-0.2, -0.15) is 4.31 Å². The number of hydrogen-bond donors (Lipinski definition) is 1. The molecule has 18 heavy (non-hydrogen) atoms. The van der Waals surface area contributed by atoms with E-state index >= 15 is 0 Å². The van der Waals surface area contributed by atoms with Crippen LogP contribution in [0.3, 0.4) is 0 Å². The number of sulfonamides is 1. The van der Waals surface area contributed by atoms with Gasteiger partial charge in [-0.05, 0) is 44.1 Å². The highest BCUT2D eigenvalue weighted by Gasteiger charge is 2.32. The molecule has 1 aromatic carbocycles. The molecule has 0 aromatic heterocycles. The summed E-state index contributed by atoms with van der Waals surface area (Å²) in [5.74, 6) is -0.194. The number of benzene rings is 1. The number of nitrogens with zero attached hydrogens (tertiary/aromatic N) is 1. The molecule has 0 aliphatic carbocycles. The van der Waals surface area contributed by atoms with Gasteiger partial charge in [-0.3, -0.25) is 0 Å². The van der Waals surface area contributed by atoms with Crippen molar-refractivity contribution in [1.29, 1.82) is 0 Å². The molecule has 0 amide bonds. The van der Waals surface area contributed by atoms with E-state index in [0.29, 0.717) is 19.0 Å². The third-order valence-electron chi connectivity index (χ3n) is 3.18. The minimum absolute atomic E-state index is 0.0348. The van der Waals surface area contributed by atoms with E-state index in [4.69, 9.17) is 0 Å². The average Bonchev–Trinajstić information content (AvgIpc) is 2.79. The van der Waals surface area contributed by atoms with Crippen molar-refractivity contribution in [2.75, 3.05) is 26.7 Å². The molecule has 0 radical (unpaired) electrons. The van der Waals surface area contributed by atoms with Crippen molar-refractivity contribution in [1.82, 2.24) is 9.62 Å². The molecule has 100 valence electrons. The number of hydrogen-bond acceptors (Lipinski definition) is 3. The SMILES string of the molecule is CNC[C@@H]1CCN(S(=O)(=O)c2cccc(F)c2)C1. The van der Waals surface area contributed by atoms with Gasteiger partial charge in [0, 0.05) is 13.1 Å². The van der Waals surface area contributed by atoms with Crippen molar-refractivity contribution >= 4 is 10.0 Å². The maximum Gasteiger partial charge on any atom is 0.243 e. The number of nitrogens with one attached hydrogen (secondary N) is 1. The van der Waals surface area contributed by atoms with E-state index in [-0.39, 0.29) is 4.90 Å². The van der Waals surface area contributed by atoms with Crippen LogP contribution in [0.2, 0.25) is 0 Å². The van der Waals surface area contributed by atoms with Crippen molar-refractivity contribution in [3.05, 3.63) is 30.1 Å². The van der Waals surface area contributed by atoms with Gasteiger partial charge >= 0.3 is 0 Å². The van der Waals surface area contributed by atoms with Gasteiger partial charge < -0.3 is 5.32 Å². The fourth-order valence-corrected chi connectivity index (χ4v) is 3.81. The van der Waals surface area contributed by atoms with E-state index < -0.39 is 15.8 Å². The minimum Gasteiger partial charge on any atom is -0.319 e. The Labute approximate surface area is 107 Å². The topological polar surface area (TPSA) is 49.4 Å². The monoisotopic (exact) mass is 272 g/mol. The largest absolute Gasteiger partial charge is 0.319 e. The lowest BCUT2D eigenvalue weighted by molar-refractivity contribution is 0.450. The maximum atomic E-state index is 13.1. The molecule has 1 aliphatic rings. The lowest BCUT2D eigenvalue weighted by Crippen LogP contribution is -2.30. The first-order valence-corrected chi connectivity index (χ1v) is 7.38. The second kappa shape index (κ2) is 5.34. The van der Waals surface area contributed by atoms with Crippen LogP contribution in [0.5, 0.6) is 0 Å². The Morgan fingerprint density at radius 1 is 1.50 bits per heavy atom.